The van der Waals surface area contributed by atoms with E-state index in [1.54, 1.807) is 6.07 Å². The molecule has 3 N–H and O–H groups in total. The van der Waals surface area contributed by atoms with Crippen molar-refractivity contribution in [3.63, 3.8) is 0 Å². The third-order valence-corrected chi connectivity index (χ3v) is 2.94. The van der Waals surface area contributed by atoms with Crippen LogP contribution in [0.3, 0.4) is 0 Å². The molecule has 5 nitrogen and oxygen atoms in total. The minimum atomic E-state index is -0.462. The Morgan fingerprint density at radius 1 is 1.30 bits per heavy atom. The average Bonchev–Trinajstić information content (AvgIpc) is 2.49. The van der Waals surface area contributed by atoms with Gasteiger partial charge in [-0.25, -0.2) is 9.78 Å². The van der Waals surface area contributed by atoms with E-state index in [2.05, 4.69) is 27.2 Å². The van der Waals surface area contributed by atoms with Gasteiger partial charge in [0, 0.05) is 12.7 Å². The highest BCUT2D eigenvalue weighted by atomic mass is 16.5. The van der Waals surface area contributed by atoms with Crippen LogP contribution in [0.2, 0.25) is 0 Å². The maximum atomic E-state index is 11.5. The van der Waals surface area contributed by atoms with Gasteiger partial charge in [0.15, 0.2) is 0 Å². The number of benzene rings is 1. The summed E-state index contributed by atoms with van der Waals surface area (Å²) in [7, 11) is 1.32. The summed E-state index contributed by atoms with van der Waals surface area (Å²) in [6, 6.07) is 11.6. The van der Waals surface area contributed by atoms with Crippen molar-refractivity contribution in [2.45, 2.75) is 6.42 Å². The van der Waals surface area contributed by atoms with E-state index in [1.807, 2.05) is 18.2 Å². The third-order valence-electron chi connectivity index (χ3n) is 2.94. The summed E-state index contributed by atoms with van der Waals surface area (Å²) in [5.74, 6) is 0.0415. The van der Waals surface area contributed by atoms with Crippen LogP contribution in [0.1, 0.15) is 15.9 Å². The number of ether oxygens (including phenoxy) is 1. The van der Waals surface area contributed by atoms with Gasteiger partial charge >= 0.3 is 5.97 Å². The van der Waals surface area contributed by atoms with Crippen LogP contribution in [0.25, 0.3) is 0 Å². The summed E-state index contributed by atoms with van der Waals surface area (Å²) in [5, 5.41) is 3.14. The number of nitrogens with zero attached hydrogens (tertiary/aromatic N) is 1. The van der Waals surface area contributed by atoms with Gasteiger partial charge in [-0.05, 0) is 18.1 Å². The molecule has 0 atom stereocenters. The molecule has 0 aliphatic rings. The molecule has 2 aromatic rings. The predicted octanol–water partition coefficient (Wildman–Crippen LogP) is 2.10. The van der Waals surface area contributed by atoms with Crippen LogP contribution < -0.4 is 11.1 Å². The average molecular weight is 271 g/mol. The Kier molecular flexibility index (Phi) is 4.55. The Morgan fingerprint density at radius 3 is 2.75 bits per heavy atom. The standard InChI is InChI=1S/C15H17N3O2/c1-20-15(19)12-8-10-18-14(13(12)16)17-9-7-11-5-3-2-4-6-11/h2-6,8,10H,7,9,16H2,1H3,(H,17,18). The quantitative estimate of drug-likeness (QED) is 0.814. The SMILES string of the molecule is COC(=O)c1ccnc(NCCc2ccccc2)c1N. The van der Waals surface area contributed by atoms with Crippen LogP contribution in [0, 0.1) is 0 Å². The van der Waals surface area contributed by atoms with Gasteiger partial charge in [0.05, 0.1) is 18.4 Å². The van der Waals surface area contributed by atoms with E-state index in [0.717, 1.165) is 6.42 Å². The molecule has 0 radical (unpaired) electrons. The van der Waals surface area contributed by atoms with E-state index in [1.165, 1.54) is 18.9 Å². The largest absolute Gasteiger partial charge is 0.465 e. The first-order chi connectivity index (χ1) is 9.72. The normalized spacial score (nSPS) is 10.1. The number of carbonyl (C=O) groups excluding carboxylic acids is 1. The molecular weight excluding hydrogens is 254 g/mol. The van der Waals surface area contributed by atoms with Crippen molar-refractivity contribution in [1.29, 1.82) is 0 Å². The molecule has 0 bridgehead atoms. The van der Waals surface area contributed by atoms with Gasteiger partial charge in [-0.3, -0.25) is 0 Å². The molecule has 20 heavy (non-hydrogen) atoms. The van der Waals surface area contributed by atoms with Gasteiger partial charge in [-0.1, -0.05) is 30.3 Å². The lowest BCUT2D eigenvalue weighted by molar-refractivity contribution is 0.0602. The maximum Gasteiger partial charge on any atom is 0.340 e. The van der Waals surface area contributed by atoms with Crippen LogP contribution in [-0.2, 0) is 11.2 Å². The molecule has 0 amide bonds. The van der Waals surface area contributed by atoms with E-state index in [-0.39, 0.29) is 0 Å². The van der Waals surface area contributed by atoms with Gasteiger partial charge in [0.1, 0.15) is 5.82 Å². The Hall–Kier alpha value is -2.56. The highest BCUT2D eigenvalue weighted by Gasteiger charge is 2.13. The summed E-state index contributed by atoms with van der Waals surface area (Å²) in [4.78, 5) is 15.7. The monoisotopic (exact) mass is 271 g/mol. The highest BCUT2D eigenvalue weighted by molar-refractivity contribution is 5.97. The summed E-state index contributed by atoms with van der Waals surface area (Å²) < 4.78 is 4.67. The Morgan fingerprint density at radius 2 is 2.05 bits per heavy atom. The fraction of sp³-hybridized carbons (Fsp3) is 0.200. The molecule has 0 spiro atoms. The summed E-state index contributed by atoms with van der Waals surface area (Å²) in [5.41, 5.74) is 7.77. The number of esters is 1. The van der Waals surface area contributed by atoms with Crippen LogP contribution in [0.15, 0.2) is 42.6 Å². The van der Waals surface area contributed by atoms with Crippen LogP contribution in [0.4, 0.5) is 11.5 Å². The molecular formula is C15H17N3O2. The van der Waals surface area contributed by atoms with E-state index in [9.17, 15) is 4.79 Å². The number of hydrogen-bond donors (Lipinski definition) is 2. The lowest BCUT2D eigenvalue weighted by Crippen LogP contribution is -2.12. The number of anilines is 2. The zero-order chi connectivity index (χ0) is 14.4. The lowest BCUT2D eigenvalue weighted by Gasteiger charge is -2.10. The lowest BCUT2D eigenvalue weighted by atomic mass is 10.1. The molecule has 0 fully saturated rings. The number of nitrogens with one attached hydrogen (secondary N) is 1. The van der Waals surface area contributed by atoms with E-state index < -0.39 is 5.97 Å². The molecule has 1 aromatic heterocycles. The Labute approximate surface area is 117 Å². The van der Waals surface area contributed by atoms with Gasteiger partial charge in [0.2, 0.25) is 0 Å². The second kappa shape index (κ2) is 6.56. The molecule has 5 heteroatoms. The van der Waals surface area contributed by atoms with E-state index in [0.29, 0.717) is 23.6 Å². The van der Waals surface area contributed by atoms with Gasteiger partial charge in [0.25, 0.3) is 0 Å². The van der Waals surface area contributed by atoms with Crippen molar-refractivity contribution >= 4 is 17.5 Å². The molecule has 0 unspecified atom stereocenters. The topological polar surface area (TPSA) is 77.2 Å². The van der Waals surface area contributed by atoms with Gasteiger partial charge < -0.3 is 15.8 Å². The second-order valence-corrected chi connectivity index (χ2v) is 4.27. The van der Waals surface area contributed by atoms with Crippen molar-refractivity contribution in [3.05, 3.63) is 53.7 Å². The number of pyridine rings is 1. The van der Waals surface area contributed by atoms with E-state index >= 15 is 0 Å². The minimum Gasteiger partial charge on any atom is -0.465 e. The van der Waals surface area contributed by atoms with Crippen molar-refractivity contribution in [2.24, 2.45) is 0 Å². The molecule has 0 saturated carbocycles. The van der Waals surface area contributed by atoms with Gasteiger partial charge in [-0.2, -0.15) is 0 Å². The Bertz CT molecular complexity index is 585. The Balaban J connectivity index is 2.01. The molecule has 0 saturated heterocycles. The molecule has 0 aliphatic heterocycles. The highest BCUT2D eigenvalue weighted by Crippen LogP contribution is 2.20. The molecule has 0 aliphatic carbocycles. The molecule has 1 aromatic carbocycles. The number of rotatable bonds is 5. The first kappa shape index (κ1) is 13.9. The summed E-state index contributed by atoms with van der Waals surface area (Å²) in [6.45, 7) is 0.686. The number of hydrogen-bond acceptors (Lipinski definition) is 5. The predicted molar refractivity (Wildman–Crippen MR) is 78.6 cm³/mol. The fourth-order valence-electron chi connectivity index (χ4n) is 1.87. The fourth-order valence-corrected chi connectivity index (χ4v) is 1.87. The number of methoxy groups -OCH3 is 1. The van der Waals surface area contributed by atoms with Crippen molar-refractivity contribution in [3.8, 4) is 0 Å². The molecule has 2 rings (SSSR count). The number of nitrogens with two attached hydrogens (primary N) is 1. The van der Waals surface area contributed by atoms with Crippen molar-refractivity contribution < 1.29 is 9.53 Å². The maximum absolute atomic E-state index is 11.5. The van der Waals surface area contributed by atoms with Crippen LogP contribution in [-0.4, -0.2) is 24.6 Å². The zero-order valence-corrected chi connectivity index (χ0v) is 11.3. The van der Waals surface area contributed by atoms with Crippen LogP contribution >= 0.6 is 0 Å². The van der Waals surface area contributed by atoms with Crippen molar-refractivity contribution in [2.75, 3.05) is 24.7 Å². The van der Waals surface area contributed by atoms with Crippen LogP contribution in [0.5, 0.6) is 0 Å². The van der Waals surface area contributed by atoms with Gasteiger partial charge in [-0.15, -0.1) is 0 Å². The third kappa shape index (κ3) is 3.26. The zero-order valence-electron chi connectivity index (χ0n) is 11.3. The smallest absolute Gasteiger partial charge is 0.340 e. The number of carbonyl (C=O) groups is 1. The number of nitrogen functional groups attached to an aromatic ring is 1. The number of aromatic nitrogens is 1. The first-order valence-electron chi connectivity index (χ1n) is 6.33. The first-order valence-corrected chi connectivity index (χ1v) is 6.33. The summed E-state index contributed by atoms with van der Waals surface area (Å²) >= 11 is 0. The summed E-state index contributed by atoms with van der Waals surface area (Å²) in [6.07, 6.45) is 2.39. The molecule has 1 heterocycles. The minimum absolute atomic E-state index is 0.312. The molecule has 104 valence electrons. The second-order valence-electron chi connectivity index (χ2n) is 4.27. The van der Waals surface area contributed by atoms with E-state index in [4.69, 9.17) is 5.73 Å². The van der Waals surface area contributed by atoms with Crippen molar-refractivity contribution in [1.82, 2.24) is 4.98 Å².